The van der Waals surface area contributed by atoms with Crippen LogP contribution in [-0.2, 0) is 6.54 Å². The Hall–Kier alpha value is -2.00. The first-order valence-corrected chi connectivity index (χ1v) is 7.74. The van der Waals surface area contributed by atoms with Gasteiger partial charge in [-0.25, -0.2) is 0 Å². The summed E-state index contributed by atoms with van der Waals surface area (Å²) < 4.78 is 5.08. The first-order chi connectivity index (χ1) is 10.6. The molecule has 0 radical (unpaired) electrons. The number of methoxy groups -OCH3 is 1. The smallest absolute Gasteiger partial charge is 0.160 e. The fourth-order valence-electron chi connectivity index (χ4n) is 2.58. The molecule has 0 amide bonds. The monoisotopic (exact) mass is 299 g/mol. The minimum Gasteiger partial charge on any atom is -0.504 e. The Labute approximate surface area is 133 Å². The van der Waals surface area contributed by atoms with E-state index in [1.54, 1.807) is 19.2 Å². The van der Waals surface area contributed by atoms with E-state index in [4.69, 9.17) is 4.74 Å². The molecular weight excluding hydrogens is 274 g/mol. The van der Waals surface area contributed by atoms with Crippen molar-refractivity contribution in [2.45, 2.75) is 32.9 Å². The fraction of sp³-hybridized carbons (Fsp3) is 0.368. The normalized spacial score (nSPS) is 12.4. The summed E-state index contributed by atoms with van der Waals surface area (Å²) in [4.78, 5) is 0. The zero-order chi connectivity index (χ0) is 15.9. The molecule has 1 atom stereocenters. The molecule has 3 nitrogen and oxygen atoms in total. The minimum atomic E-state index is 0.182. The van der Waals surface area contributed by atoms with Crippen LogP contribution in [0.15, 0.2) is 48.5 Å². The number of hydrogen-bond donors (Lipinski definition) is 2. The fourth-order valence-corrected chi connectivity index (χ4v) is 2.58. The predicted molar refractivity (Wildman–Crippen MR) is 90.1 cm³/mol. The highest BCUT2D eigenvalue weighted by molar-refractivity contribution is 5.41. The minimum absolute atomic E-state index is 0.182. The van der Waals surface area contributed by atoms with E-state index in [1.165, 1.54) is 5.56 Å². The van der Waals surface area contributed by atoms with Crippen molar-refractivity contribution in [1.82, 2.24) is 5.32 Å². The van der Waals surface area contributed by atoms with Crippen LogP contribution in [0.2, 0.25) is 0 Å². The van der Waals surface area contributed by atoms with E-state index in [1.807, 2.05) is 12.1 Å². The molecule has 0 spiro atoms. The molecule has 0 aliphatic rings. The van der Waals surface area contributed by atoms with Crippen LogP contribution < -0.4 is 10.1 Å². The van der Waals surface area contributed by atoms with Gasteiger partial charge in [-0.2, -0.15) is 0 Å². The van der Waals surface area contributed by atoms with Crippen LogP contribution in [-0.4, -0.2) is 12.2 Å². The van der Waals surface area contributed by atoms with Crippen molar-refractivity contribution in [2.24, 2.45) is 5.92 Å². The number of rotatable bonds is 7. The number of phenols is 1. The van der Waals surface area contributed by atoms with E-state index in [-0.39, 0.29) is 5.75 Å². The van der Waals surface area contributed by atoms with E-state index in [9.17, 15) is 5.11 Å². The van der Waals surface area contributed by atoms with Crippen molar-refractivity contribution >= 4 is 0 Å². The molecule has 2 aromatic carbocycles. The Bertz CT molecular complexity index is 581. The summed E-state index contributed by atoms with van der Waals surface area (Å²) in [6, 6.07) is 16.3. The van der Waals surface area contributed by atoms with E-state index in [2.05, 4.69) is 43.4 Å². The van der Waals surface area contributed by atoms with E-state index in [0.717, 1.165) is 12.0 Å². The van der Waals surface area contributed by atoms with Gasteiger partial charge in [0.15, 0.2) is 11.5 Å². The van der Waals surface area contributed by atoms with Gasteiger partial charge in [0, 0.05) is 12.6 Å². The Kier molecular flexibility index (Phi) is 5.84. The van der Waals surface area contributed by atoms with Gasteiger partial charge in [0.25, 0.3) is 0 Å². The Morgan fingerprint density at radius 2 is 1.82 bits per heavy atom. The third-order valence-electron chi connectivity index (χ3n) is 3.70. The maximum absolute atomic E-state index is 9.87. The summed E-state index contributed by atoms with van der Waals surface area (Å²) in [5, 5.41) is 13.5. The lowest BCUT2D eigenvalue weighted by molar-refractivity contribution is 0.372. The van der Waals surface area contributed by atoms with Crippen LogP contribution in [0.3, 0.4) is 0 Å². The third kappa shape index (κ3) is 4.50. The molecule has 118 valence electrons. The third-order valence-corrected chi connectivity index (χ3v) is 3.70. The lowest BCUT2D eigenvalue weighted by Crippen LogP contribution is -2.22. The second-order valence-electron chi connectivity index (χ2n) is 5.98. The average Bonchev–Trinajstić information content (AvgIpc) is 2.52. The first-order valence-electron chi connectivity index (χ1n) is 7.74. The maximum Gasteiger partial charge on any atom is 0.160 e. The zero-order valence-electron chi connectivity index (χ0n) is 13.5. The molecule has 0 fully saturated rings. The molecule has 0 saturated heterocycles. The second kappa shape index (κ2) is 7.85. The van der Waals surface area contributed by atoms with Gasteiger partial charge in [-0.1, -0.05) is 50.2 Å². The number of hydrogen-bond acceptors (Lipinski definition) is 3. The van der Waals surface area contributed by atoms with Crippen LogP contribution in [0.4, 0.5) is 0 Å². The number of phenolic OH excluding ortho intramolecular Hbond substituents is 1. The first kappa shape index (κ1) is 16.4. The molecule has 0 saturated carbocycles. The van der Waals surface area contributed by atoms with Crippen molar-refractivity contribution in [3.8, 4) is 11.5 Å². The largest absolute Gasteiger partial charge is 0.504 e. The highest BCUT2D eigenvalue weighted by Gasteiger charge is 2.13. The van der Waals surface area contributed by atoms with Crippen LogP contribution in [0.1, 0.15) is 37.4 Å². The number of ether oxygens (including phenoxy) is 1. The molecule has 22 heavy (non-hydrogen) atoms. The number of nitrogens with one attached hydrogen (secondary N) is 1. The quantitative estimate of drug-likeness (QED) is 0.802. The van der Waals surface area contributed by atoms with Crippen LogP contribution in [0.5, 0.6) is 11.5 Å². The molecule has 0 bridgehead atoms. The highest BCUT2D eigenvalue weighted by Crippen LogP contribution is 2.27. The maximum atomic E-state index is 9.87. The molecule has 3 heteroatoms. The van der Waals surface area contributed by atoms with Gasteiger partial charge in [0.05, 0.1) is 7.11 Å². The van der Waals surface area contributed by atoms with E-state index >= 15 is 0 Å². The summed E-state index contributed by atoms with van der Waals surface area (Å²) >= 11 is 0. The van der Waals surface area contributed by atoms with Gasteiger partial charge in [0.2, 0.25) is 0 Å². The van der Waals surface area contributed by atoms with Crippen LogP contribution in [0.25, 0.3) is 0 Å². The van der Waals surface area contributed by atoms with Gasteiger partial charge in [-0.15, -0.1) is 0 Å². The van der Waals surface area contributed by atoms with Crippen molar-refractivity contribution < 1.29 is 9.84 Å². The van der Waals surface area contributed by atoms with Gasteiger partial charge < -0.3 is 15.2 Å². The molecular formula is C19H25NO2. The lowest BCUT2D eigenvalue weighted by atomic mass is 9.97. The van der Waals surface area contributed by atoms with Crippen molar-refractivity contribution in [2.75, 3.05) is 7.11 Å². The Morgan fingerprint density at radius 3 is 2.41 bits per heavy atom. The molecule has 2 rings (SSSR count). The van der Waals surface area contributed by atoms with Crippen molar-refractivity contribution in [3.05, 3.63) is 59.7 Å². The number of aromatic hydroxyl groups is 1. The SMILES string of the molecule is COc1ccc(CN[C@H](CC(C)C)c2ccccc2)cc1O. The summed E-state index contributed by atoms with van der Waals surface area (Å²) in [7, 11) is 1.56. The summed E-state index contributed by atoms with van der Waals surface area (Å²) in [5.74, 6) is 1.30. The Balaban J connectivity index is 2.06. The van der Waals surface area contributed by atoms with Gasteiger partial charge in [-0.3, -0.25) is 0 Å². The van der Waals surface area contributed by atoms with E-state index < -0.39 is 0 Å². The molecule has 0 aliphatic heterocycles. The topological polar surface area (TPSA) is 41.5 Å². The van der Waals surface area contributed by atoms with Crippen molar-refractivity contribution in [3.63, 3.8) is 0 Å². The standard InChI is InChI=1S/C19H25NO2/c1-14(2)11-17(16-7-5-4-6-8-16)20-13-15-9-10-19(22-3)18(21)12-15/h4-10,12,14,17,20-21H,11,13H2,1-3H3/t17-/m1/s1. The molecule has 0 heterocycles. The van der Waals surface area contributed by atoms with Gasteiger partial charge in [0.1, 0.15) is 0 Å². The van der Waals surface area contributed by atoms with Gasteiger partial charge in [-0.05, 0) is 35.6 Å². The van der Waals surface area contributed by atoms with Crippen molar-refractivity contribution in [1.29, 1.82) is 0 Å². The predicted octanol–water partition coefficient (Wildman–Crippen LogP) is 4.28. The molecule has 2 N–H and O–H groups in total. The zero-order valence-corrected chi connectivity index (χ0v) is 13.5. The summed E-state index contributed by atoms with van der Waals surface area (Å²) in [6.07, 6.45) is 1.08. The summed E-state index contributed by atoms with van der Waals surface area (Å²) in [5.41, 5.74) is 2.34. The highest BCUT2D eigenvalue weighted by atomic mass is 16.5. The average molecular weight is 299 g/mol. The van der Waals surface area contributed by atoms with Gasteiger partial charge >= 0.3 is 0 Å². The van der Waals surface area contributed by atoms with Crippen LogP contribution >= 0.6 is 0 Å². The molecule has 2 aromatic rings. The second-order valence-corrected chi connectivity index (χ2v) is 5.98. The Morgan fingerprint density at radius 1 is 1.09 bits per heavy atom. The molecule has 0 aromatic heterocycles. The van der Waals surface area contributed by atoms with Crippen LogP contribution in [0, 0.1) is 5.92 Å². The summed E-state index contributed by atoms with van der Waals surface area (Å²) in [6.45, 7) is 5.18. The number of benzene rings is 2. The lowest BCUT2D eigenvalue weighted by Gasteiger charge is -2.21. The molecule has 0 unspecified atom stereocenters. The molecule has 0 aliphatic carbocycles. The van der Waals surface area contributed by atoms with E-state index in [0.29, 0.717) is 24.3 Å².